The van der Waals surface area contributed by atoms with Gasteiger partial charge >= 0.3 is 5.97 Å². The number of hydrogen-bond donors (Lipinski definition) is 0. The Kier molecular flexibility index (Phi) is 5.87. The van der Waals surface area contributed by atoms with Crippen LogP contribution < -0.4 is 0 Å². The van der Waals surface area contributed by atoms with E-state index < -0.39 is 16.0 Å². The predicted molar refractivity (Wildman–Crippen MR) is 81.6 cm³/mol. The van der Waals surface area contributed by atoms with E-state index in [0.717, 1.165) is 0 Å². The molecule has 0 atom stereocenters. The fraction of sp³-hybridized carbons (Fsp3) is 0.333. The molecule has 1 fully saturated rings. The molecule has 0 radical (unpaired) electrons. The van der Waals surface area contributed by atoms with Gasteiger partial charge in [-0.15, -0.1) is 0 Å². The average Bonchev–Trinajstić information content (AvgIpc) is 2.59. The average molecular weight is 336 g/mol. The number of esters is 1. The lowest BCUT2D eigenvalue weighted by Gasteiger charge is -2.26. The van der Waals surface area contributed by atoms with Crippen LogP contribution in [0.25, 0.3) is 6.08 Å². The number of sulfonamides is 1. The van der Waals surface area contributed by atoms with E-state index in [1.165, 1.54) is 28.6 Å². The molecule has 1 aromatic carbocycles. The van der Waals surface area contributed by atoms with Crippen LogP contribution in [0.5, 0.6) is 0 Å². The highest BCUT2D eigenvalue weighted by Crippen LogP contribution is 2.18. The molecule has 0 N–H and O–H groups in total. The van der Waals surface area contributed by atoms with E-state index in [1.807, 2.05) is 0 Å². The molecule has 0 aromatic heterocycles. The molecule has 0 spiro atoms. The first kappa shape index (κ1) is 17.1. The largest absolute Gasteiger partial charge is 0.447 e. The van der Waals surface area contributed by atoms with Crippen LogP contribution in [-0.2, 0) is 24.3 Å². The first-order chi connectivity index (χ1) is 11.0. The number of nitriles is 1. The molecular weight excluding hydrogens is 320 g/mol. The zero-order chi connectivity index (χ0) is 16.7. The van der Waals surface area contributed by atoms with Crippen molar-refractivity contribution in [1.29, 1.82) is 5.26 Å². The van der Waals surface area contributed by atoms with Gasteiger partial charge in [0.05, 0.1) is 18.1 Å². The lowest BCUT2D eigenvalue weighted by molar-refractivity contribution is -0.136. The van der Waals surface area contributed by atoms with Crippen molar-refractivity contribution in [3.05, 3.63) is 35.9 Å². The van der Waals surface area contributed by atoms with Gasteiger partial charge in [0, 0.05) is 19.2 Å². The first-order valence-electron chi connectivity index (χ1n) is 6.94. The van der Waals surface area contributed by atoms with E-state index in [-0.39, 0.29) is 11.5 Å². The minimum Gasteiger partial charge on any atom is -0.447 e. The second kappa shape index (κ2) is 7.87. The topological polar surface area (TPSA) is 96.7 Å². The Morgan fingerprint density at radius 3 is 2.57 bits per heavy atom. The van der Waals surface area contributed by atoms with Crippen molar-refractivity contribution >= 4 is 22.1 Å². The number of carbonyl (C=O) groups is 1. The van der Waals surface area contributed by atoms with Crippen molar-refractivity contribution in [2.45, 2.75) is 4.90 Å². The third kappa shape index (κ3) is 4.63. The normalized spacial score (nSPS) is 16.1. The molecule has 1 aromatic rings. The summed E-state index contributed by atoms with van der Waals surface area (Å²) in [5.41, 5.74) is 0.653. The Labute approximate surface area is 134 Å². The summed E-state index contributed by atoms with van der Waals surface area (Å²) in [6, 6.07) is 7.87. The third-order valence-corrected chi connectivity index (χ3v) is 5.09. The third-order valence-electron chi connectivity index (χ3n) is 3.18. The minimum absolute atomic E-state index is 0.198. The van der Waals surface area contributed by atoms with Crippen LogP contribution in [0.3, 0.4) is 0 Å². The summed E-state index contributed by atoms with van der Waals surface area (Å²) in [6.07, 6.45) is 2.67. The monoisotopic (exact) mass is 336 g/mol. The predicted octanol–water partition coefficient (Wildman–Crippen LogP) is 0.787. The van der Waals surface area contributed by atoms with E-state index >= 15 is 0 Å². The Morgan fingerprint density at radius 1 is 1.30 bits per heavy atom. The summed E-state index contributed by atoms with van der Waals surface area (Å²) in [5, 5.41) is 8.29. The van der Waals surface area contributed by atoms with E-state index in [1.54, 1.807) is 18.2 Å². The second-order valence-corrected chi connectivity index (χ2v) is 6.62. The fourth-order valence-corrected chi connectivity index (χ4v) is 3.41. The summed E-state index contributed by atoms with van der Waals surface area (Å²) < 4.78 is 36.0. The van der Waals surface area contributed by atoms with Crippen molar-refractivity contribution in [3.8, 4) is 6.07 Å². The zero-order valence-electron chi connectivity index (χ0n) is 12.3. The van der Waals surface area contributed by atoms with Crippen molar-refractivity contribution in [3.63, 3.8) is 0 Å². The molecule has 1 aliphatic heterocycles. The van der Waals surface area contributed by atoms with E-state index in [4.69, 9.17) is 10.00 Å². The summed E-state index contributed by atoms with van der Waals surface area (Å²) in [5.74, 6) is -0.628. The standard InChI is InChI=1S/C15H16N2O5S/c16-7-10-22-15(18)6-3-13-1-4-14(5-2-13)23(19,20)17-8-11-21-12-9-17/h1-6H,8-12H2/b6-3+. The molecule has 8 heteroatoms. The van der Waals surface area contributed by atoms with Crippen molar-refractivity contribution < 1.29 is 22.7 Å². The molecule has 0 aliphatic carbocycles. The van der Waals surface area contributed by atoms with Crippen LogP contribution in [-0.4, -0.2) is 51.6 Å². The van der Waals surface area contributed by atoms with Gasteiger partial charge in [0.2, 0.25) is 10.0 Å². The summed E-state index contributed by atoms with van der Waals surface area (Å²) in [7, 11) is -3.52. The number of nitrogens with zero attached hydrogens (tertiary/aromatic N) is 2. The maximum atomic E-state index is 12.4. The van der Waals surface area contributed by atoms with Crippen LogP contribution >= 0.6 is 0 Å². The number of hydrogen-bond acceptors (Lipinski definition) is 6. The van der Waals surface area contributed by atoms with Gasteiger partial charge in [0.25, 0.3) is 0 Å². The van der Waals surface area contributed by atoms with Gasteiger partial charge in [-0.2, -0.15) is 9.57 Å². The maximum absolute atomic E-state index is 12.4. The quantitative estimate of drug-likeness (QED) is 0.582. The van der Waals surface area contributed by atoms with Gasteiger partial charge in [0.15, 0.2) is 6.61 Å². The number of benzene rings is 1. The fourth-order valence-electron chi connectivity index (χ4n) is 2.00. The maximum Gasteiger partial charge on any atom is 0.331 e. The van der Waals surface area contributed by atoms with Crippen LogP contribution in [0.1, 0.15) is 5.56 Å². The van der Waals surface area contributed by atoms with Gasteiger partial charge in [-0.25, -0.2) is 13.2 Å². The van der Waals surface area contributed by atoms with E-state index in [9.17, 15) is 13.2 Å². The molecule has 0 saturated carbocycles. The van der Waals surface area contributed by atoms with Crippen molar-refractivity contribution in [1.82, 2.24) is 4.31 Å². The summed E-state index contributed by atoms with van der Waals surface area (Å²) in [6.45, 7) is 1.17. The zero-order valence-corrected chi connectivity index (χ0v) is 13.2. The molecule has 1 heterocycles. The highest BCUT2D eigenvalue weighted by Gasteiger charge is 2.25. The lowest BCUT2D eigenvalue weighted by Crippen LogP contribution is -2.40. The molecule has 1 aliphatic rings. The highest BCUT2D eigenvalue weighted by molar-refractivity contribution is 7.89. The van der Waals surface area contributed by atoms with Crippen molar-refractivity contribution in [2.75, 3.05) is 32.9 Å². The number of rotatable bonds is 5. The number of morpholine rings is 1. The first-order valence-corrected chi connectivity index (χ1v) is 8.38. The smallest absolute Gasteiger partial charge is 0.331 e. The molecule has 0 bridgehead atoms. The van der Waals surface area contributed by atoms with Crippen LogP contribution in [0.15, 0.2) is 35.2 Å². The summed E-state index contributed by atoms with van der Waals surface area (Å²) in [4.78, 5) is 11.4. The molecule has 0 amide bonds. The molecule has 2 rings (SSSR count). The van der Waals surface area contributed by atoms with Crippen LogP contribution in [0, 0.1) is 11.3 Å². The molecule has 23 heavy (non-hydrogen) atoms. The Morgan fingerprint density at radius 2 is 1.96 bits per heavy atom. The molecule has 1 saturated heterocycles. The number of ether oxygens (including phenoxy) is 2. The van der Waals surface area contributed by atoms with Gasteiger partial charge in [-0.1, -0.05) is 12.1 Å². The van der Waals surface area contributed by atoms with Crippen LogP contribution in [0.4, 0.5) is 0 Å². The van der Waals surface area contributed by atoms with Gasteiger partial charge in [-0.3, -0.25) is 0 Å². The molecule has 122 valence electrons. The molecule has 0 unspecified atom stereocenters. The minimum atomic E-state index is -3.52. The Hall–Kier alpha value is -2.21. The Balaban J connectivity index is 2.05. The number of carbonyl (C=O) groups excluding carboxylic acids is 1. The van der Waals surface area contributed by atoms with Crippen LogP contribution in [0.2, 0.25) is 0 Å². The lowest BCUT2D eigenvalue weighted by atomic mass is 10.2. The van der Waals surface area contributed by atoms with Gasteiger partial charge in [-0.05, 0) is 23.8 Å². The second-order valence-electron chi connectivity index (χ2n) is 4.68. The molecular formula is C15H16N2O5S. The van der Waals surface area contributed by atoms with Gasteiger partial charge < -0.3 is 9.47 Å². The highest BCUT2D eigenvalue weighted by atomic mass is 32.2. The van der Waals surface area contributed by atoms with Crippen molar-refractivity contribution in [2.24, 2.45) is 0 Å². The summed E-state index contributed by atoms with van der Waals surface area (Å²) >= 11 is 0. The van der Waals surface area contributed by atoms with E-state index in [2.05, 4.69) is 4.74 Å². The SMILES string of the molecule is N#CCOC(=O)/C=C/c1ccc(S(=O)(=O)N2CCOCC2)cc1. The molecule has 7 nitrogen and oxygen atoms in total. The Bertz CT molecular complexity index is 713. The van der Waals surface area contributed by atoms with Gasteiger partial charge in [0.1, 0.15) is 6.07 Å². The van der Waals surface area contributed by atoms with E-state index in [0.29, 0.717) is 31.9 Å².